The summed E-state index contributed by atoms with van der Waals surface area (Å²) in [5.74, 6) is 0. The Morgan fingerprint density at radius 3 is 2.50 bits per heavy atom. The number of carbonyl (C=O) groups is 1. The van der Waals surface area contributed by atoms with Crippen LogP contribution in [0.3, 0.4) is 0 Å². The SMILES string of the molecule is O=C(NC1CCCCC1)O/N=C(\c1ccccc1)c1ccccn1. The van der Waals surface area contributed by atoms with Gasteiger partial charge in [-0.25, -0.2) is 4.79 Å². The first-order valence-electron chi connectivity index (χ1n) is 8.35. The lowest BCUT2D eigenvalue weighted by Gasteiger charge is -2.21. The fraction of sp³-hybridized carbons (Fsp3) is 0.316. The number of aromatic nitrogens is 1. The smallest absolute Gasteiger partial charge is 0.317 e. The topological polar surface area (TPSA) is 63.6 Å². The first kappa shape index (κ1) is 16.2. The van der Waals surface area contributed by atoms with Crippen LogP contribution in [-0.4, -0.2) is 22.8 Å². The van der Waals surface area contributed by atoms with E-state index in [9.17, 15) is 4.79 Å². The van der Waals surface area contributed by atoms with E-state index in [4.69, 9.17) is 4.84 Å². The summed E-state index contributed by atoms with van der Waals surface area (Å²) in [4.78, 5) is 21.4. The molecule has 2 aromatic rings. The summed E-state index contributed by atoms with van der Waals surface area (Å²) in [6.45, 7) is 0. The Labute approximate surface area is 141 Å². The molecule has 1 fully saturated rings. The standard InChI is InChI=1S/C19H21N3O2/c23-19(21-16-11-5-2-6-12-16)24-22-18(15-9-3-1-4-10-15)17-13-7-8-14-20-17/h1,3-4,7-10,13-14,16H,2,5-6,11-12H2,(H,21,23)/b22-18+. The molecule has 1 N–H and O–H groups in total. The van der Waals surface area contributed by atoms with Crippen LogP contribution >= 0.6 is 0 Å². The average Bonchev–Trinajstić information content (AvgIpc) is 2.64. The predicted octanol–water partition coefficient (Wildman–Crippen LogP) is 3.89. The van der Waals surface area contributed by atoms with Crippen LogP contribution in [-0.2, 0) is 4.84 Å². The predicted molar refractivity (Wildman–Crippen MR) is 92.8 cm³/mol. The molecule has 5 nitrogen and oxygen atoms in total. The van der Waals surface area contributed by atoms with Gasteiger partial charge in [-0.05, 0) is 25.0 Å². The first-order chi connectivity index (χ1) is 11.8. The molecular formula is C19H21N3O2. The monoisotopic (exact) mass is 323 g/mol. The van der Waals surface area contributed by atoms with Crippen LogP contribution < -0.4 is 5.32 Å². The molecule has 1 aliphatic rings. The Morgan fingerprint density at radius 2 is 1.79 bits per heavy atom. The van der Waals surface area contributed by atoms with Crippen LogP contribution in [0.1, 0.15) is 43.4 Å². The number of rotatable bonds is 4. The van der Waals surface area contributed by atoms with Crippen molar-refractivity contribution in [3.63, 3.8) is 0 Å². The minimum absolute atomic E-state index is 0.191. The van der Waals surface area contributed by atoms with Gasteiger partial charge in [-0.15, -0.1) is 0 Å². The number of carbonyl (C=O) groups excluding carboxylic acids is 1. The average molecular weight is 323 g/mol. The lowest BCUT2D eigenvalue weighted by Crippen LogP contribution is -2.36. The van der Waals surface area contributed by atoms with E-state index in [0.717, 1.165) is 31.2 Å². The van der Waals surface area contributed by atoms with Crippen molar-refractivity contribution in [3.8, 4) is 0 Å². The zero-order chi connectivity index (χ0) is 16.6. The minimum Gasteiger partial charge on any atom is -0.317 e. The van der Waals surface area contributed by atoms with Crippen LogP contribution in [0.5, 0.6) is 0 Å². The molecule has 0 unspecified atom stereocenters. The van der Waals surface area contributed by atoms with Gasteiger partial charge in [-0.1, -0.05) is 60.8 Å². The van der Waals surface area contributed by atoms with Gasteiger partial charge in [0.25, 0.3) is 0 Å². The fourth-order valence-electron chi connectivity index (χ4n) is 2.87. The third-order valence-electron chi connectivity index (χ3n) is 4.10. The second-order valence-corrected chi connectivity index (χ2v) is 5.88. The molecule has 0 bridgehead atoms. The molecule has 1 aromatic heterocycles. The number of nitrogens with zero attached hydrogens (tertiary/aromatic N) is 2. The fourth-order valence-corrected chi connectivity index (χ4v) is 2.87. The van der Waals surface area contributed by atoms with Gasteiger partial charge in [0.2, 0.25) is 0 Å². The van der Waals surface area contributed by atoms with Gasteiger partial charge in [0.1, 0.15) is 5.71 Å². The number of hydrogen-bond acceptors (Lipinski definition) is 4. The van der Waals surface area contributed by atoms with Gasteiger partial charge in [-0.2, -0.15) is 0 Å². The van der Waals surface area contributed by atoms with Gasteiger partial charge in [0, 0.05) is 17.8 Å². The molecule has 3 rings (SSSR count). The number of pyridine rings is 1. The zero-order valence-corrected chi connectivity index (χ0v) is 13.5. The lowest BCUT2D eigenvalue weighted by molar-refractivity contribution is 0.143. The van der Waals surface area contributed by atoms with E-state index in [1.807, 2.05) is 48.5 Å². The van der Waals surface area contributed by atoms with Crippen LogP contribution in [0.2, 0.25) is 0 Å². The lowest BCUT2D eigenvalue weighted by atomic mass is 9.96. The number of nitrogens with one attached hydrogen (secondary N) is 1. The van der Waals surface area contributed by atoms with Crippen molar-refractivity contribution in [2.24, 2.45) is 5.16 Å². The van der Waals surface area contributed by atoms with Gasteiger partial charge < -0.3 is 5.32 Å². The van der Waals surface area contributed by atoms with Gasteiger partial charge in [-0.3, -0.25) is 9.82 Å². The Morgan fingerprint density at radius 1 is 1.04 bits per heavy atom. The third kappa shape index (κ3) is 4.41. The summed E-state index contributed by atoms with van der Waals surface area (Å²) in [6, 6.07) is 15.3. The van der Waals surface area contributed by atoms with E-state index < -0.39 is 6.09 Å². The second-order valence-electron chi connectivity index (χ2n) is 5.88. The summed E-state index contributed by atoms with van der Waals surface area (Å²) < 4.78 is 0. The molecule has 0 spiro atoms. The largest absolute Gasteiger partial charge is 0.433 e. The highest BCUT2D eigenvalue weighted by atomic mass is 16.7. The summed E-state index contributed by atoms with van der Waals surface area (Å²) in [5.41, 5.74) is 2.05. The number of hydrogen-bond donors (Lipinski definition) is 1. The molecule has 5 heteroatoms. The van der Waals surface area contributed by atoms with Crippen LogP contribution in [0.4, 0.5) is 4.79 Å². The molecule has 1 amide bonds. The minimum atomic E-state index is -0.508. The normalized spacial score (nSPS) is 15.8. The van der Waals surface area contributed by atoms with E-state index in [1.165, 1.54) is 6.42 Å². The van der Waals surface area contributed by atoms with Crippen LogP contribution in [0.25, 0.3) is 0 Å². The number of benzene rings is 1. The van der Waals surface area contributed by atoms with Crippen molar-refractivity contribution in [3.05, 3.63) is 66.0 Å². The van der Waals surface area contributed by atoms with Crippen molar-refractivity contribution in [1.82, 2.24) is 10.3 Å². The molecule has 1 heterocycles. The van der Waals surface area contributed by atoms with E-state index in [2.05, 4.69) is 15.5 Å². The van der Waals surface area contributed by atoms with Gasteiger partial charge >= 0.3 is 6.09 Å². The van der Waals surface area contributed by atoms with Crippen molar-refractivity contribution < 1.29 is 9.63 Å². The maximum absolute atomic E-state index is 12.0. The molecule has 0 atom stereocenters. The summed E-state index contributed by atoms with van der Waals surface area (Å²) in [6.07, 6.45) is 6.73. The number of amides is 1. The quantitative estimate of drug-likeness (QED) is 0.527. The van der Waals surface area contributed by atoms with E-state index in [0.29, 0.717) is 11.4 Å². The molecule has 0 radical (unpaired) electrons. The molecule has 0 saturated heterocycles. The maximum atomic E-state index is 12.0. The van der Waals surface area contributed by atoms with Crippen LogP contribution in [0.15, 0.2) is 59.9 Å². The van der Waals surface area contributed by atoms with Crippen molar-refractivity contribution in [2.75, 3.05) is 0 Å². The summed E-state index contributed by atoms with van der Waals surface area (Å²) in [7, 11) is 0. The Balaban J connectivity index is 1.73. The highest BCUT2D eigenvalue weighted by Gasteiger charge is 2.17. The highest BCUT2D eigenvalue weighted by Crippen LogP contribution is 2.17. The number of oxime groups is 1. The van der Waals surface area contributed by atoms with Crippen LogP contribution in [0, 0.1) is 0 Å². The highest BCUT2D eigenvalue weighted by molar-refractivity contribution is 6.11. The van der Waals surface area contributed by atoms with Gasteiger partial charge in [0.05, 0.1) is 5.69 Å². The maximum Gasteiger partial charge on any atom is 0.433 e. The Hall–Kier alpha value is -2.69. The van der Waals surface area contributed by atoms with Crippen molar-refractivity contribution >= 4 is 11.8 Å². The molecule has 1 aromatic carbocycles. The molecule has 124 valence electrons. The third-order valence-corrected chi connectivity index (χ3v) is 4.10. The first-order valence-corrected chi connectivity index (χ1v) is 8.35. The van der Waals surface area contributed by atoms with Gasteiger partial charge in [0.15, 0.2) is 0 Å². The van der Waals surface area contributed by atoms with Crippen molar-refractivity contribution in [2.45, 2.75) is 38.1 Å². The Bertz CT molecular complexity index is 639. The van der Waals surface area contributed by atoms with E-state index in [-0.39, 0.29) is 6.04 Å². The van der Waals surface area contributed by atoms with E-state index >= 15 is 0 Å². The Kier molecular flexibility index (Phi) is 5.56. The zero-order valence-electron chi connectivity index (χ0n) is 13.5. The molecule has 0 aliphatic heterocycles. The second kappa shape index (κ2) is 8.24. The molecular weight excluding hydrogens is 302 g/mol. The molecule has 1 aliphatic carbocycles. The van der Waals surface area contributed by atoms with Crippen molar-refractivity contribution in [1.29, 1.82) is 0 Å². The van der Waals surface area contributed by atoms with E-state index in [1.54, 1.807) is 6.20 Å². The molecule has 24 heavy (non-hydrogen) atoms. The molecule has 1 saturated carbocycles. The summed E-state index contributed by atoms with van der Waals surface area (Å²) >= 11 is 0. The summed E-state index contributed by atoms with van der Waals surface area (Å²) in [5, 5.41) is 6.96.